The number of rotatable bonds is 1. The van der Waals surface area contributed by atoms with Gasteiger partial charge in [0.15, 0.2) is 5.58 Å². The van der Waals surface area contributed by atoms with E-state index in [0.29, 0.717) is 11.1 Å². The number of hydrogen-bond acceptors (Lipinski definition) is 4. The summed E-state index contributed by atoms with van der Waals surface area (Å²) in [5, 5.41) is -0.245. The lowest BCUT2D eigenvalue weighted by Gasteiger charge is -1.86. The van der Waals surface area contributed by atoms with Crippen LogP contribution in [-0.4, -0.2) is 19.7 Å². The zero-order chi connectivity index (χ0) is 10.3. The van der Waals surface area contributed by atoms with Gasteiger partial charge in [0.1, 0.15) is 5.52 Å². The minimum atomic E-state index is -3.37. The molecular formula is C8H6BrNO3S. The summed E-state index contributed by atoms with van der Waals surface area (Å²) in [7, 11) is -3.37. The van der Waals surface area contributed by atoms with Gasteiger partial charge in [0, 0.05) is 10.7 Å². The van der Waals surface area contributed by atoms with Crippen LogP contribution in [0.1, 0.15) is 0 Å². The molecule has 2 rings (SSSR count). The second-order valence-electron chi connectivity index (χ2n) is 2.86. The van der Waals surface area contributed by atoms with E-state index in [-0.39, 0.29) is 5.22 Å². The number of aromatic nitrogens is 1. The van der Waals surface area contributed by atoms with Crippen molar-refractivity contribution < 1.29 is 12.8 Å². The summed E-state index contributed by atoms with van der Waals surface area (Å²) in [5.41, 5.74) is 0.994. The van der Waals surface area contributed by atoms with Crippen molar-refractivity contribution >= 4 is 36.9 Å². The van der Waals surface area contributed by atoms with Crippen LogP contribution in [0.5, 0.6) is 0 Å². The fourth-order valence-electron chi connectivity index (χ4n) is 1.04. The molecule has 0 spiro atoms. The normalized spacial score (nSPS) is 12.1. The predicted molar refractivity (Wildman–Crippen MR) is 54.8 cm³/mol. The standard InChI is InChI=1S/C8H6BrNO3S/c1-14(11,12)8-10-6-3-2-5(9)4-7(6)13-8/h2-4H,1H3. The highest BCUT2D eigenvalue weighted by Crippen LogP contribution is 2.22. The Balaban J connectivity index is 2.75. The van der Waals surface area contributed by atoms with Crippen molar-refractivity contribution in [3.8, 4) is 0 Å². The van der Waals surface area contributed by atoms with Crippen LogP contribution in [0.2, 0.25) is 0 Å². The van der Waals surface area contributed by atoms with Crippen LogP contribution in [0.25, 0.3) is 11.1 Å². The number of sulfone groups is 1. The maximum atomic E-state index is 11.1. The number of benzene rings is 1. The first-order chi connectivity index (χ1) is 6.47. The SMILES string of the molecule is CS(=O)(=O)c1nc2ccc(Br)cc2o1. The molecule has 2 aromatic rings. The third-order valence-electron chi connectivity index (χ3n) is 1.65. The summed E-state index contributed by atoms with van der Waals surface area (Å²) in [4.78, 5) is 3.85. The fourth-order valence-corrected chi connectivity index (χ4v) is 1.88. The van der Waals surface area contributed by atoms with E-state index in [1.807, 2.05) is 0 Å². The van der Waals surface area contributed by atoms with E-state index in [2.05, 4.69) is 20.9 Å². The first-order valence-corrected chi connectivity index (χ1v) is 6.41. The minimum absolute atomic E-state index is 0.245. The Labute approximate surface area is 89.0 Å². The van der Waals surface area contributed by atoms with E-state index < -0.39 is 9.84 Å². The summed E-state index contributed by atoms with van der Waals surface area (Å²) >= 11 is 3.25. The molecule has 1 aromatic heterocycles. The van der Waals surface area contributed by atoms with Crippen LogP contribution < -0.4 is 0 Å². The van der Waals surface area contributed by atoms with Crippen LogP contribution in [-0.2, 0) is 9.84 Å². The largest absolute Gasteiger partial charge is 0.428 e. The maximum absolute atomic E-state index is 11.1. The Morgan fingerprint density at radius 2 is 2.14 bits per heavy atom. The van der Waals surface area contributed by atoms with Crippen LogP contribution in [0.3, 0.4) is 0 Å². The number of fused-ring (bicyclic) bond motifs is 1. The Hall–Kier alpha value is -0.880. The molecule has 4 nitrogen and oxygen atoms in total. The molecule has 0 atom stereocenters. The molecule has 0 saturated heterocycles. The molecule has 74 valence electrons. The summed E-state index contributed by atoms with van der Waals surface area (Å²) in [6.07, 6.45) is 1.06. The molecule has 1 heterocycles. The van der Waals surface area contributed by atoms with Gasteiger partial charge in [-0.05, 0) is 18.2 Å². The quantitative estimate of drug-likeness (QED) is 0.799. The molecule has 0 radical (unpaired) electrons. The van der Waals surface area contributed by atoms with E-state index in [1.165, 1.54) is 0 Å². The van der Waals surface area contributed by atoms with Gasteiger partial charge in [0.25, 0.3) is 0 Å². The third-order valence-corrected chi connectivity index (χ3v) is 2.95. The first kappa shape index (κ1) is 9.67. The average Bonchev–Trinajstić information content (AvgIpc) is 2.45. The Morgan fingerprint density at radius 3 is 2.79 bits per heavy atom. The Kier molecular flexibility index (Phi) is 2.11. The maximum Gasteiger partial charge on any atom is 0.315 e. The molecule has 0 fully saturated rings. The van der Waals surface area contributed by atoms with Gasteiger partial charge >= 0.3 is 5.22 Å². The lowest BCUT2D eigenvalue weighted by atomic mass is 10.3. The van der Waals surface area contributed by atoms with Gasteiger partial charge in [-0.25, -0.2) is 8.42 Å². The lowest BCUT2D eigenvalue weighted by molar-refractivity contribution is 0.460. The third kappa shape index (κ3) is 1.67. The molecular weight excluding hydrogens is 270 g/mol. The van der Waals surface area contributed by atoms with Crippen molar-refractivity contribution in [3.05, 3.63) is 22.7 Å². The number of hydrogen-bond donors (Lipinski definition) is 0. The zero-order valence-electron chi connectivity index (χ0n) is 7.19. The van der Waals surface area contributed by atoms with Gasteiger partial charge in [-0.15, -0.1) is 0 Å². The summed E-state index contributed by atoms with van der Waals surface area (Å²) in [5.74, 6) is 0. The zero-order valence-corrected chi connectivity index (χ0v) is 9.59. The van der Waals surface area contributed by atoms with Crippen molar-refractivity contribution in [1.82, 2.24) is 4.98 Å². The highest BCUT2D eigenvalue weighted by Gasteiger charge is 2.15. The Morgan fingerprint density at radius 1 is 1.43 bits per heavy atom. The molecule has 14 heavy (non-hydrogen) atoms. The topological polar surface area (TPSA) is 60.2 Å². The van der Waals surface area contributed by atoms with Crippen LogP contribution in [0, 0.1) is 0 Å². The molecule has 6 heteroatoms. The van der Waals surface area contributed by atoms with E-state index >= 15 is 0 Å². The molecule has 0 saturated carbocycles. The predicted octanol–water partition coefficient (Wildman–Crippen LogP) is 1.99. The highest BCUT2D eigenvalue weighted by atomic mass is 79.9. The van der Waals surface area contributed by atoms with E-state index in [0.717, 1.165) is 10.7 Å². The molecule has 1 aromatic carbocycles. The molecule has 0 amide bonds. The van der Waals surface area contributed by atoms with Crippen molar-refractivity contribution in [3.63, 3.8) is 0 Å². The minimum Gasteiger partial charge on any atom is -0.428 e. The van der Waals surface area contributed by atoms with Crippen molar-refractivity contribution in [2.75, 3.05) is 6.26 Å². The molecule has 0 unspecified atom stereocenters. The second kappa shape index (κ2) is 3.06. The first-order valence-electron chi connectivity index (χ1n) is 3.73. The molecule has 0 aliphatic carbocycles. The van der Waals surface area contributed by atoms with Gasteiger partial charge in [0.05, 0.1) is 0 Å². The van der Waals surface area contributed by atoms with E-state index in [4.69, 9.17) is 4.42 Å². The molecule has 0 N–H and O–H groups in total. The second-order valence-corrected chi connectivity index (χ2v) is 5.67. The van der Waals surface area contributed by atoms with Crippen LogP contribution in [0.15, 0.2) is 32.3 Å². The van der Waals surface area contributed by atoms with Crippen molar-refractivity contribution in [2.45, 2.75) is 5.22 Å². The van der Waals surface area contributed by atoms with Gasteiger partial charge < -0.3 is 4.42 Å². The van der Waals surface area contributed by atoms with Crippen molar-refractivity contribution in [1.29, 1.82) is 0 Å². The number of halogens is 1. The van der Waals surface area contributed by atoms with E-state index in [1.54, 1.807) is 18.2 Å². The number of oxazole rings is 1. The van der Waals surface area contributed by atoms with Crippen LogP contribution >= 0.6 is 15.9 Å². The lowest BCUT2D eigenvalue weighted by Crippen LogP contribution is -1.96. The van der Waals surface area contributed by atoms with Gasteiger partial charge in [0.2, 0.25) is 9.84 Å². The van der Waals surface area contributed by atoms with Crippen LogP contribution in [0.4, 0.5) is 0 Å². The van der Waals surface area contributed by atoms with Gasteiger partial charge in [-0.2, -0.15) is 4.98 Å². The molecule has 0 aliphatic rings. The monoisotopic (exact) mass is 275 g/mol. The highest BCUT2D eigenvalue weighted by molar-refractivity contribution is 9.10. The van der Waals surface area contributed by atoms with Gasteiger partial charge in [-0.3, -0.25) is 0 Å². The summed E-state index contributed by atoms with van der Waals surface area (Å²) in [6.45, 7) is 0. The summed E-state index contributed by atoms with van der Waals surface area (Å²) < 4.78 is 28.1. The Bertz CT molecular complexity index is 588. The molecule has 0 aliphatic heterocycles. The fraction of sp³-hybridized carbons (Fsp3) is 0.125. The molecule has 0 bridgehead atoms. The summed E-state index contributed by atoms with van der Waals surface area (Å²) in [6, 6.07) is 5.14. The average molecular weight is 276 g/mol. The van der Waals surface area contributed by atoms with E-state index in [9.17, 15) is 8.42 Å². The smallest absolute Gasteiger partial charge is 0.315 e. The van der Waals surface area contributed by atoms with Gasteiger partial charge in [-0.1, -0.05) is 15.9 Å². The van der Waals surface area contributed by atoms with Crippen molar-refractivity contribution in [2.24, 2.45) is 0 Å². The number of nitrogens with zero attached hydrogens (tertiary/aromatic N) is 1.